The quantitative estimate of drug-likeness (QED) is 0.228. The van der Waals surface area contributed by atoms with E-state index in [1.54, 1.807) is 0 Å². The molecule has 0 bridgehead atoms. The van der Waals surface area contributed by atoms with E-state index in [4.69, 9.17) is 5.11 Å². The van der Waals surface area contributed by atoms with Crippen molar-refractivity contribution in [3.8, 4) is 0 Å². The van der Waals surface area contributed by atoms with Gasteiger partial charge in [-0.2, -0.15) is 0 Å². The monoisotopic (exact) mass is 385 g/mol. The minimum atomic E-state index is -0.914. The van der Waals surface area contributed by atoms with E-state index in [1.165, 1.54) is 64.2 Å². The Morgan fingerprint density at radius 3 is 1.63 bits per heavy atom. The van der Waals surface area contributed by atoms with Gasteiger partial charge in [0.25, 0.3) is 0 Å². The highest BCUT2D eigenvalue weighted by molar-refractivity contribution is 5.63. The van der Waals surface area contributed by atoms with Crippen molar-refractivity contribution >= 4 is 5.97 Å². The Hall–Kier alpha value is -0.870. The molecule has 0 atom stereocenters. The molecule has 0 rings (SSSR count). The zero-order valence-electron chi connectivity index (χ0n) is 18.7. The minimum Gasteiger partial charge on any atom is -0.550 e. The number of aliphatic carboxylic acids is 1. The maximum atomic E-state index is 10.2. The van der Waals surface area contributed by atoms with Gasteiger partial charge in [-0.3, -0.25) is 0 Å². The summed E-state index contributed by atoms with van der Waals surface area (Å²) in [6.07, 6.45) is 20.9. The third-order valence-electron chi connectivity index (χ3n) is 4.41. The Bertz CT molecular complexity index is 335. The van der Waals surface area contributed by atoms with E-state index in [0.29, 0.717) is 0 Å². The first-order chi connectivity index (χ1) is 12.8. The topological polar surface area (TPSA) is 60.4 Å². The van der Waals surface area contributed by atoms with Crippen LogP contribution in [0.25, 0.3) is 0 Å². The van der Waals surface area contributed by atoms with Crippen molar-refractivity contribution in [3.63, 3.8) is 0 Å². The Kier molecular flexibility index (Phi) is 22.5. The summed E-state index contributed by atoms with van der Waals surface area (Å²) in [6.45, 7) is 3.37. The minimum absolute atomic E-state index is 0.220. The highest BCUT2D eigenvalue weighted by Gasteiger charge is 2.02. The Morgan fingerprint density at radius 1 is 0.815 bits per heavy atom. The molecule has 0 aliphatic rings. The van der Waals surface area contributed by atoms with Crippen LogP contribution in [-0.4, -0.2) is 49.9 Å². The zero-order chi connectivity index (χ0) is 20.8. The van der Waals surface area contributed by atoms with Gasteiger partial charge < -0.3 is 19.5 Å². The van der Waals surface area contributed by atoms with Gasteiger partial charge in [0.05, 0.1) is 27.7 Å². The van der Waals surface area contributed by atoms with Gasteiger partial charge in [-0.15, -0.1) is 0 Å². The fraction of sp³-hybridized carbons (Fsp3) is 0.870. The summed E-state index contributed by atoms with van der Waals surface area (Å²) in [6, 6.07) is 0. The molecule has 0 saturated carbocycles. The lowest BCUT2D eigenvalue weighted by Crippen LogP contribution is -2.36. The van der Waals surface area contributed by atoms with Crippen LogP contribution < -0.4 is 5.11 Å². The van der Waals surface area contributed by atoms with Crippen molar-refractivity contribution in [2.75, 3.05) is 34.3 Å². The number of carboxylic acids is 1. The van der Waals surface area contributed by atoms with Crippen LogP contribution in [0.3, 0.4) is 0 Å². The van der Waals surface area contributed by atoms with Crippen LogP contribution in [0.5, 0.6) is 0 Å². The van der Waals surface area contributed by atoms with E-state index in [0.717, 1.165) is 30.3 Å². The number of carbonyl (C=O) groups excluding carboxylic acids is 1. The van der Waals surface area contributed by atoms with Crippen molar-refractivity contribution in [2.24, 2.45) is 0 Å². The van der Waals surface area contributed by atoms with Crippen molar-refractivity contribution in [3.05, 3.63) is 12.2 Å². The average molecular weight is 386 g/mol. The Morgan fingerprint density at radius 2 is 1.26 bits per heavy atom. The number of aliphatic hydroxyl groups is 1. The largest absolute Gasteiger partial charge is 0.550 e. The SMILES string of the molecule is CCCCCCCC/C=C\CCCCCCCC(=O)[O-].C[N+](C)(C)CCO. The van der Waals surface area contributed by atoms with Crippen molar-refractivity contribution < 1.29 is 19.5 Å². The molecule has 0 unspecified atom stereocenters. The number of hydrogen-bond acceptors (Lipinski definition) is 3. The maximum Gasteiger partial charge on any atom is 0.101 e. The lowest BCUT2D eigenvalue weighted by molar-refractivity contribution is -0.870. The first kappa shape index (κ1) is 28.3. The predicted octanol–water partition coefficient (Wildman–Crippen LogP) is 4.46. The van der Waals surface area contributed by atoms with Crippen LogP contribution in [-0.2, 0) is 4.79 Å². The van der Waals surface area contributed by atoms with Crippen LogP contribution in [0.15, 0.2) is 12.2 Å². The van der Waals surface area contributed by atoms with E-state index in [2.05, 4.69) is 40.2 Å². The molecule has 4 heteroatoms. The number of likely N-dealkylation sites (N-methyl/N-ethyl adjacent to an activating group) is 1. The lowest BCUT2D eigenvalue weighted by atomic mass is 10.1. The number of unbranched alkanes of at least 4 members (excludes halogenated alkanes) is 11. The highest BCUT2D eigenvalue weighted by Crippen LogP contribution is 2.09. The van der Waals surface area contributed by atoms with E-state index >= 15 is 0 Å². The second-order valence-electron chi connectivity index (χ2n) is 8.44. The van der Waals surface area contributed by atoms with E-state index in [9.17, 15) is 9.90 Å². The average Bonchev–Trinajstić information content (AvgIpc) is 2.57. The van der Waals surface area contributed by atoms with Gasteiger partial charge in [0, 0.05) is 5.97 Å². The molecule has 0 aliphatic carbocycles. The second kappa shape index (κ2) is 21.4. The standard InChI is InChI=1S/C18H34O2.C5H14NO/c1-2-3-4-5-6-7-8-9-10-11-12-13-14-15-16-17-18(19)20;1-6(2,3)4-5-7/h9-10H,2-8,11-17H2,1H3,(H,19,20);7H,4-5H2,1-3H3/q;+1/p-1/b10-9-;. The summed E-state index contributed by atoms with van der Waals surface area (Å²) in [5.74, 6) is -0.914. The molecule has 0 heterocycles. The molecule has 0 aromatic heterocycles. The molecule has 0 amide bonds. The molecule has 0 aliphatic heterocycles. The number of rotatable bonds is 17. The second-order valence-corrected chi connectivity index (χ2v) is 8.44. The number of quaternary nitrogens is 1. The molecule has 4 nitrogen and oxygen atoms in total. The molecular formula is C23H47NO3. The smallest absolute Gasteiger partial charge is 0.101 e. The van der Waals surface area contributed by atoms with Gasteiger partial charge in [0.2, 0.25) is 0 Å². The van der Waals surface area contributed by atoms with Crippen LogP contribution in [0.2, 0.25) is 0 Å². The van der Waals surface area contributed by atoms with Gasteiger partial charge in [-0.1, -0.05) is 70.4 Å². The van der Waals surface area contributed by atoms with Gasteiger partial charge in [-0.25, -0.2) is 0 Å². The van der Waals surface area contributed by atoms with Crippen LogP contribution in [0, 0.1) is 0 Å². The maximum absolute atomic E-state index is 10.2. The van der Waals surface area contributed by atoms with Crippen LogP contribution in [0.1, 0.15) is 96.8 Å². The van der Waals surface area contributed by atoms with Gasteiger partial charge >= 0.3 is 0 Å². The number of carboxylic acid groups (broad SMARTS) is 1. The number of hydrogen-bond donors (Lipinski definition) is 1. The normalized spacial score (nSPS) is 11.4. The summed E-state index contributed by atoms with van der Waals surface area (Å²) in [5.41, 5.74) is 0. The number of nitrogens with zero attached hydrogens (tertiary/aromatic N) is 1. The number of aliphatic hydroxyl groups excluding tert-OH is 1. The van der Waals surface area contributed by atoms with Gasteiger partial charge in [0.15, 0.2) is 0 Å². The molecule has 0 fully saturated rings. The molecule has 0 aromatic carbocycles. The van der Waals surface area contributed by atoms with E-state index in [1.807, 2.05) is 0 Å². The predicted molar refractivity (Wildman–Crippen MR) is 114 cm³/mol. The molecule has 27 heavy (non-hydrogen) atoms. The van der Waals surface area contributed by atoms with E-state index < -0.39 is 5.97 Å². The summed E-state index contributed by atoms with van der Waals surface area (Å²) < 4.78 is 0.844. The molecule has 0 spiro atoms. The fourth-order valence-corrected chi connectivity index (χ4v) is 2.64. The van der Waals surface area contributed by atoms with Gasteiger partial charge in [0.1, 0.15) is 6.54 Å². The Balaban J connectivity index is 0. The van der Waals surface area contributed by atoms with Gasteiger partial charge in [-0.05, 0) is 38.5 Å². The fourth-order valence-electron chi connectivity index (χ4n) is 2.64. The van der Waals surface area contributed by atoms with Crippen LogP contribution in [0.4, 0.5) is 0 Å². The summed E-state index contributed by atoms with van der Waals surface area (Å²) in [7, 11) is 6.16. The van der Waals surface area contributed by atoms with Crippen molar-refractivity contribution in [1.29, 1.82) is 0 Å². The molecular weight excluding hydrogens is 338 g/mol. The van der Waals surface area contributed by atoms with Crippen molar-refractivity contribution in [1.82, 2.24) is 0 Å². The highest BCUT2D eigenvalue weighted by atomic mass is 16.4. The molecule has 0 aromatic rings. The first-order valence-corrected chi connectivity index (χ1v) is 11.1. The third kappa shape index (κ3) is 33.2. The summed E-state index contributed by atoms with van der Waals surface area (Å²) in [5, 5.41) is 18.6. The molecule has 1 N–H and O–H groups in total. The number of allylic oxidation sites excluding steroid dienone is 2. The summed E-state index contributed by atoms with van der Waals surface area (Å²) >= 11 is 0. The Labute approximate surface area is 169 Å². The third-order valence-corrected chi connectivity index (χ3v) is 4.41. The molecule has 162 valence electrons. The summed E-state index contributed by atoms with van der Waals surface area (Å²) in [4.78, 5) is 10.2. The molecule has 0 radical (unpaired) electrons. The zero-order valence-corrected chi connectivity index (χ0v) is 18.7. The number of carbonyl (C=O) groups is 1. The van der Waals surface area contributed by atoms with E-state index in [-0.39, 0.29) is 13.0 Å². The van der Waals surface area contributed by atoms with Crippen LogP contribution >= 0.6 is 0 Å². The van der Waals surface area contributed by atoms with Crippen molar-refractivity contribution in [2.45, 2.75) is 96.8 Å². The molecule has 0 saturated heterocycles. The lowest BCUT2D eigenvalue weighted by Gasteiger charge is -2.21. The first-order valence-electron chi connectivity index (χ1n) is 11.1.